The molecule has 1 atom stereocenters. The predicted octanol–water partition coefficient (Wildman–Crippen LogP) is 2.73. The molecule has 2 rings (SSSR count). The van der Waals surface area contributed by atoms with Gasteiger partial charge in [0.2, 0.25) is 10.0 Å². The van der Waals surface area contributed by atoms with Crippen LogP contribution in [0, 0.1) is 11.7 Å². The summed E-state index contributed by atoms with van der Waals surface area (Å²) in [6, 6.07) is 10.6. The Kier molecular flexibility index (Phi) is 7.06. The molecule has 146 valence electrons. The summed E-state index contributed by atoms with van der Waals surface area (Å²) in [5, 5.41) is 2.64. The van der Waals surface area contributed by atoms with Crippen molar-refractivity contribution in [2.75, 3.05) is 11.9 Å². The smallest absolute Gasteiger partial charge is 0.255 e. The third kappa shape index (κ3) is 6.13. The number of anilines is 1. The third-order valence-corrected chi connectivity index (χ3v) is 5.43. The molecule has 8 heteroatoms. The number of amides is 1. The zero-order valence-corrected chi connectivity index (χ0v) is 16.1. The predicted molar refractivity (Wildman–Crippen MR) is 103 cm³/mol. The van der Waals surface area contributed by atoms with Gasteiger partial charge in [-0.15, -0.1) is 0 Å². The topological polar surface area (TPSA) is 101 Å². The summed E-state index contributed by atoms with van der Waals surface area (Å²) in [6.07, 6.45) is 0.640. The molecule has 27 heavy (non-hydrogen) atoms. The van der Waals surface area contributed by atoms with Gasteiger partial charge in [-0.2, -0.15) is 0 Å². The molecule has 0 saturated heterocycles. The van der Waals surface area contributed by atoms with Gasteiger partial charge in [-0.25, -0.2) is 17.5 Å². The lowest BCUT2D eigenvalue weighted by molar-refractivity contribution is 0.102. The summed E-state index contributed by atoms with van der Waals surface area (Å²) >= 11 is 0. The van der Waals surface area contributed by atoms with Crippen molar-refractivity contribution in [2.24, 2.45) is 11.7 Å². The molecule has 2 aromatic carbocycles. The highest BCUT2D eigenvalue weighted by Crippen LogP contribution is 2.16. The van der Waals surface area contributed by atoms with Gasteiger partial charge in [0.15, 0.2) is 0 Å². The molecule has 0 aromatic heterocycles. The molecule has 0 bridgehead atoms. The molecule has 0 heterocycles. The first-order chi connectivity index (χ1) is 12.7. The number of hydrogen-bond donors (Lipinski definition) is 3. The van der Waals surface area contributed by atoms with Gasteiger partial charge in [0.05, 0.1) is 4.90 Å². The van der Waals surface area contributed by atoms with E-state index in [0.29, 0.717) is 23.6 Å². The van der Waals surface area contributed by atoms with Crippen LogP contribution in [-0.4, -0.2) is 26.9 Å². The van der Waals surface area contributed by atoms with Crippen LogP contribution in [0.25, 0.3) is 0 Å². The van der Waals surface area contributed by atoms with E-state index in [-0.39, 0.29) is 17.5 Å². The Morgan fingerprint density at radius 1 is 1.07 bits per heavy atom. The molecular weight excluding hydrogens is 369 g/mol. The second-order valence-corrected chi connectivity index (χ2v) is 8.38. The van der Waals surface area contributed by atoms with Gasteiger partial charge in [-0.1, -0.05) is 13.8 Å². The van der Waals surface area contributed by atoms with Crippen LogP contribution in [0.2, 0.25) is 0 Å². The van der Waals surface area contributed by atoms with Crippen LogP contribution in [0.5, 0.6) is 0 Å². The Morgan fingerprint density at radius 3 is 2.19 bits per heavy atom. The van der Waals surface area contributed by atoms with E-state index in [1.54, 1.807) is 0 Å². The van der Waals surface area contributed by atoms with Crippen LogP contribution in [0.4, 0.5) is 10.1 Å². The SMILES string of the molecule is CC(C)CC(CN)NS(=O)(=O)c1ccc(NC(=O)c2ccc(F)cc2)cc1. The van der Waals surface area contributed by atoms with Gasteiger partial charge >= 0.3 is 0 Å². The van der Waals surface area contributed by atoms with E-state index >= 15 is 0 Å². The van der Waals surface area contributed by atoms with Crippen LogP contribution in [0.1, 0.15) is 30.6 Å². The van der Waals surface area contributed by atoms with Gasteiger partial charge < -0.3 is 11.1 Å². The normalized spacial score (nSPS) is 12.8. The average Bonchev–Trinajstić information content (AvgIpc) is 2.61. The molecular formula is C19H24FN3O3S. The summed E-state index contributed by atoms with van der Waals surface area (Å²) < 4.78 is 40.5. The molecule has 0 aliphatic carbocycles. The Morgan fingerprint density at radius 2 is 1.67 bits per heavy atom. The van der Waals surface area contributed by atoms with Crippen LogP contribution >= 0.6 is 0 Å². The maximum absolute atomic E-state index is 12.9. The van der Waals surface area contributed by atoms with Crippen molar-refractivity contribution in [3.8, 4) is 0 Å². The molecule has 6 nitrogen and oxygen atoms in total. The molecule has 0 aliphatic heterocycles. The second kappa shape index (κ2) is 9.07. The van der Waals surface area contributed by atoms with E-state index in [0.717, 1.165) is 0 Å². The molecule has 4 N–H and O–H groups in total. The van der Waals surface area contributed by atoms with Crippen molar-refractivity contribution in [3.05, 3.63) is 59.9 Å². The number of rotatable bonds is 8. The molecule has 0 saturated carbocycles. The monoisotopic (exact) mass is 393 g/mol. The van der Waals surface area contributed by atoms with Crippen LogP contribution < -0.4 is 15.8 Å². The van der Waals surface area contributed by atoms with E-state index in [1.807, 2.05) is 13.8 Å². The molecule has 0 radical (unpaired) electrons. The minimum Gasteiger partial charge on any atom is -0.329 e. The zero-order chi connectivity index (χ0) is 20.0. The minimum absolute atomic E-state index is 0.0875. The fourth-order valence-corrected chi connectivity index (χ4v) is 3.83. The molecule has 0 aliphatic rings. The standard InChI is InChI=1S/C19H24FN3O3S/c1-13(2)11-17(12-21)23-27(25,26)18-9-7-16(8-10-18)22-19(24)14-3-5-15(20)6-4-14/h3-10,13,17,23H,11-12,21H2,1-2H3,(H,22,24). The summed E-state index contributed by atoms with van der Waals surface area (Å²) in [7, 11) is -3.70. The summed E-state index contributed by atoms with van der Waals surface area (Å²) in [6.45, 7) is 4.20. The van der Waals surface area contributed by atoms with Gasteiger partial charge in [0.25, 0.3) is 5.91 Å². The zero-order valence-electron chi connectivity index (χ0n) is 15.3. The number of nitrogens with one attached hydrogen (secondary N) is 2. The summed E-state index contributed by atoms with van der Waals surface area (Å²) in [5.74, 6) is -0.531. The number of nitrogens with two attached hydrogens (primary N) is 1. The fourth-order valence-electron chi connectivity index (χ4n) is 2.57. The highest BCUT2D eigenvalue weighted by atomic mass is 32.2. The van der Waals surface area contributed by atoms with E-state index in [1.165, 1.54) is 48.5 Å². The van der Waals surface area contributed by atoms with Crippen LogP contribution in [-0.2, 0) is 10.0 Å². The first-order valence-corrected chi connectivity index (χ1v) is 10.1. The highest BCUT2D eigenvalue weighted by molar-refractivity contribution is 7.89. The van der Waals surface area contributed by atoms with Crippen molar-refractivity contribution in [1.29, 1.82) is 0 Å². The number of hydrogen-bond acceptors (Lipinski definition) is 4. The number of carbonyl (C=O) groups is 1. The lowest BCUT2D eigenvalue weighted by Gasteiger charge is -2.19. The summed E-state index contributed by atoms with van der Waals surface area (Å²) in [4.78, 5) is 12.2. The molecule has 1 amide bonds. The number of benzene rings is 2. The highest BCUT2D eigenvalue weighted by Gasteiger charge is 2.20. The van der Waals surface area contributed by atoms with E-state index in [9.17, 15) is 17.6 Å². The van der Waals surface area contributed by atoms with Crippen molar-refractivity contribution in [1.82, 2.24) is 4.72 Å². The molecule has 2 aromatic rings. The number of halogens is 1. The van der Waals surface area contributed by atoms with Gasteiger partial charge in [0.1, 0.15) is 5.82 Å². The Balaban J connectivity index is 2.07. The Hall–Kier alpha value is -2.29. The van der Waals surface area contributed by atoms with Crippen LogP contribution in [0.3, 0.4) is 0 Å². The van der Waals surface area contributed by atoms with E-state index in [4.69, 9.17) is 5.73 Å². The first kappa shape index (κ1) is 21.0. The number of carbonyl (C=O) groups excluding carboxylic acids is 1. The third-order valence-electron chi connectivity index (χ3n) is 3.89. The van der Waals surface area contributed by atoms with Gasteiger partial charge in [0, 0.05) is 23.8 Å². The van der Waals surface area contributed by atoms with E-state index in [2.05, 4.69) is 10.0 Å². The maximum Gasteiger partial charge on any atom is 0.255 e. The van der Waals surface area contributed by atoms with Crippen molar-refractivity contribution in [3.63, 3.8) is 0 Å². The van der Waals surface area contributed by atoms with Gasteiger partial charge in [-0.05, 0) is 60.9 Å². The van der Waals surface area contributed by atoms with Crippen molar-refractivity contribution >= 4 is 21.6 Å². The molecule has 0 spiro atoms. The number of sulfonamides is 1. The average molecular weight is 393 g/mol. The summed E-state index contributed by atoms with van der Waals surface area (Å²) in [5.41, 5.74) is 6.38. The largest absolute Gasteiger partial charge is 0.329 e. The Bertz CT molecular complexity index is 866. The second-order valence-electron chi connectivity index (χ2n) is 6.67. The van der Waals surface area contributed by atoms with Gasteiger partial charge in [-0.3, -0.25) is 4.79 Å². The fraction of sp³-hybridized carbons (Fsp3) is 0.316. The van der Waals surface area contributed by atoms with Crippen LogP contribution in [0.15, 0.2) is 53.4 Å². The van der Waals surface area contributed by atoms with Crippen molar-refractivity contribution in [2.45, 2.75) is 31.2 Å². The minimum atomic E-state index is -3.70. The maximum atomic E-state index is 12.9. The quantitative estimate of drug-likeness (QED) is 0.642. The molecule has 0 fully saturated rings. The first-order valence-electron chi connectivity index (χ1n) is 8.60. The van der Waals surface area contributed by atoms with E-state index < -0.39 is 21.7 Å². The lowest BCUT2D eigenvalue weighted by Crippen LogP contribution is -2.40. The Labute approximate surface area is 159 Å². The molecule has 1 unspecified atom stereocenters. The lowest BCUT2D eigenvalue weighted by atomic mass is 10.1. The van der Waals surface area contributed by atoms with Crippen molar-refractivity contribution < 1.29 is 17.6 Å².